The first-order valence-corrected chi connectivity index (χ1v) is 14.4. The number of para-hydroxylation sites is 1. The van der Waals surface area contributed by atoms with Crippen LogP contribution in [0.2, 0.25) is 0 Å². The summed E-state index contributed by atoms with van der Waals surface area (Å²) < 4.78 is 5.87. The first kappa shape index (κ1) is 26.5. The molecule has 7 nitrogen and oxygen atoms in total. The maximum absolute atomic E-state index is 13.1. The van der Waals surface area contributed by atoms with Gasteiger partial charge in [0.2, 0.25) is 0 Å². The van der Waals surface area contributed by atoms with Crippen molar-refractivity contribution in [3.05, 3.63) is 89.5 Å². The average molecular weight is 540 g/mol. The van der Waals surface area contributed by atoms with E-state index in [0.29, 0.717) is 18.3 Å². The van der Waals surface area contributed by atoms with Crippen LogP contribution in [0, 0.1) is 11.8 Å². The highest BCUT2D eigenvalue weighted by Crippen LogP contribution is 2.39. The first-order chi connectivity index (χ1) is 19.6. The number of nitrogens with zero attached hydrogens (tertiary/aromatic N) is 2. The molecule has 3 aromatic rings. The van der Waals surface area contributed by atoms with Crippen LogP contribution in [0.3, 0.4) is 0 Å². The number of anilines is 1. The molecule has 3 atom stereocenters. The largest absolute Gasteiger partial charge is 0.446 e. The fourth-order valence-electron chi connectivity index (χ4n) is 6.72. The molecule has 40 heavy (non-hydrogen) atoms. The molecule has 2 aliphatic heterocycles. The predicted molar refractivity (Wildman–Crippen MR) is 155 cm³/mol. The third-order valence-corrected chi connectivity index (χ3v) is 8.73. The highest BCUT2D eigenvalue weighted by Gasteiger charge is 2.42. The molecule has 2 amide bonds. The number of aliphatic hydroxyl groups excluding tert-OH is 1. The molecule has 0 aromatic heterocycles. The second kappa shape index (κ2) is 11.8. The Kier molecular flexibility index (Phi) is 7.84. The Bertz CT molecular complexity index is 1350. The Morgan fingerprint density at radius 3 is 2.45 bits per heavy atom. The molecule has 1 saturated carbocycles. The molecule has 3 aliphatic rings. The van der Waals surface area contributed by atoms with Gasteiger partial charge in [-0.1, -0.05) is 60.7 Å². The van der Waals surface area contributed by atoms with Crippen LogP contribution in [0.1, 0.15) is 34.3 Å². The summed E-state index contributed by atoms with van der Waals surface area (Å²) >= 11 is 0. The zero-order valence-corrected chi connectivity index (χ0v) is 22.8. The van der Waals surface area contributed by atoms with E-state index in [1.165, 1.54) is 0 Å². The van der Waals surface area contributed by atoms with Crippen LogP contribution in [-0.4, -0.2) is 72.3 Å². The van der Waals surface area contributed by atoms with Crippen molar-refractivity contribution in [1.29, 1.82) is 0 Å². The molecule has 208 valence electrons. The summed E-state index contributed by atoms with van der Waals surface area (Å²) in [7, 11) is 0. The van der Waals surface area contributed by atoms with Crippen molar-refractivity contribution in [3.63, 3.8) is 0 Å². The molecular weight excluding hydrogens is 502 g/mol. The van der Waals surface area contributed by atoms with Gasteiger partial charge in [-0.3, -0.25) is 10.1 Å². The van der Waals surface area contributed by atoms with Gasteiger partial charge in [0.1, 0.15) is 6.10 Å². The van der Waals surface area contributed by atoms with Gasteiger partial charge in [-0.15, -0.1) is 0 Å². The molecule has 0 spiro atoms. The number of amides is 2. The van der Waals surface area contributed by atoms with E-state index in [4.69, 9.17) is 4.74 Å². The van der Waals surface area contributed by atoms with Crippen LogP contribution in [0.4, 0.5) is 10.5 Å². The van der Waals surface area contributed by atoms with Crippen molar-refractivity contribution in [1.82, 2.24) is 9.80 Å². The van der Waals surface area contributed by atoms with Crippen LogP contribution in [-0.2, 0) is 17.6 Å². The number of likely N-dealkylation sites (tertiary alicyclic amines) is 1. The average Bonchev–Trinajstić information content (AvgIpc) is 3.52. The summed E-state index contributed by atoms with van der Waals surface area (Å²) in [6.07, 6.45) is 2.82. The number of fused-ring (bicyclic) bond motifs is 2. The number of hydrogen-bond acceptors (Lipinski definition) is 5. The highest BCUT2D eigenvalue weighted by molar-refractivity contribution is 5.97. The summed E-state index contributed by atoms with van der Waals surface area (Å²) in [5.74, 6) is 1.17. The van der Waals surface area contributed by atoms with E-state index in [2.05, 4.69) is 16.3 Å². The van der Waals surface area contributed by atoms with Gasteiger partial charge in [0.25, 0.3) is 5.91 Å². The third-order valence-electron chi connectivity index (χ3n) is 8.73. The second-order valence-electron chi connectivity index (χ2n) is 11.3. The lowest BCUT2D eigenvalue weighted by atomic mass is 9.96. The molecule has 3 aromatic carbocycles. The van der Waals surface area contributed by atoms with E-state index >= 15 is 0 Å². The normalized spacial score (nSPS) is 22.2. The summed E-state index contributed by atoms with van der Waals surface area (Å²) in [4.78, 5) is 30.3. The standard InChI is InChI=1S/C33H37N3O4/c37-17-13-23-10-11-30-25(18-23)12-14-36(32(30)38)16-15-35-21-26-19-28(20-27(26)22-35)40-33(39)34-31-9-5-4-8-29(31)24-6-2-1-3-7-24/h1-11,18,26-28,37H,12-17,19-22H2,(H,34,39)/t26-,27+,28+. The summed E-state index contributed by atoms with van der Waals surface area (Å²) in [6, 6.07) is 23.8. The second-order valence-corrected chi connectivity index (χ2v) is 11.3. The SMILES string of the molecule is O=C(Nc1ccccc1-c1ccccc1)O[C@H]1C[C@@H]2CN(CCN3CCc4cc(CCO)ccc4C3=O)C[C@@H]2C1. The van der Waals surface area contributed by atoms with Crippen molar-refractivity contribution in [2.75, 3.05) is 44.6 Å². The molecule has 6 rings (SSSR count). The number of carbonyl (C=O) groups is 2. The van der Waals surface area contributed by atoms with Crippen molar-refractivity contribution in [3.8, 4) is 11.1 Å². The van der Waals surface area contributed by atoms with Crippen LogP contribution >= 0.6 is 0 Å². The molecule has 7 heteroatoms. The molecule has 0 radical (unpaired) electrons. The Morgan fingerprint density at radius 2 is 1.68 bits per heavy atom. The molecule has 1 aliphatic carbocycles. The number of aliphatic hydroxyl groups is 1. The lowest BCUT2D eigenvalue weighted by molar-refractivity contribution is 0.0720. The van der Waals surface area contributed by atoms with E-state index in [0.717, 1.165) is 85.5 Å². The number of ether oxygens (including phenoxy) is 1. The Labute approximate surface area is 235 Å². The van der Waals surface area contributed by atoms with Crippen molar-refractivity contribution >= 4 is 17.7 Å². The maximum Gasteiger partial charge on any atom is 0.411 e. The van der Waals surface area contributed by atoms with Gasteiger partial charge in [-0.25, -0.2) is 4.79 Å². The zero-order valence-electron chi connectivity index (χ0n) is 22.8. The minimum atomic E-state index is -0.391. The van der Waals surface area contributed by atoms with Gasteiger partial charge in [0.05, 0.1) is 5.69 Å². The molecule has 2 N–H and O–H groups in total. The summed E-state index contributed by atoms with van der Waals surface area (Å²) in [6.45, 7) is 4.46. The molecular formula is C33H37N3O4. The molecule has 1 saturated heterocycles. The Hall–Kier alpha value is -3.68. The van der Waals surface area contributed by atoms with Crippen LogP contribution in [0.25, 0.3) is 11.1 Å². The fourth-order valence-corrected chi connectivity index (χ4v) is 6.72. The lowest BCUT2D eigenvalue weighted by Gasteiger charge is -2.30. The topological polar surface area (TPSA) is 82.1 Å². The monoisotopic (exact) mass is 539 g/mol. The minimum Gasteiger partial charge on any atom is -0.446 e. The number of nitrogens with one attached hydrogen (secondary N) is 1. The van der Waals surface area contributed by atoms with E-state index in [-0.39, 0.29) is 18.6 Å². The minimum absolute atomic E-state index is 0.0584. The van der Waals surface area contributed by atoms with Gasteiger partial charge in [-0.2, -0.15) is 0 Å². The van der Waals surface area contributed by atoms with Gasteiger partial charge in [0.15, 0.2) is 0 Å². The van der Waals surface area contributed by atoms with Gasteiger partial charge in [0, 0.05) is 50.5 Å². The van der Waals surface area contributed by atoms with E-state index in [9.17, 15) is 14.7 Å². The Morgan fingerprint density at radius 1 is 0.925 bits per heavy atom. The van der Waals surface area contributed by atoms with E-state index < -0.39 is 6.09 Å². The first-order valence-electron chi connectivity index (χ1n) is 14.4. The Balaban J connectivity index is 0.967. The zero-order chi connectivity index (χ0) is 27.5. The fraction of sp³-hybridized carbons (Fsp3) is 0.394. The maximum atomic E-state index is 13.1. The lowest BCUT2D eigenvalue weighted by Crippen LogP contribution is -2.42. The number of benzene rings is 3. The van der Waals surface area contributed by atoms with Crippen molar-refractivity contribution in [2.24, 2.45) is 11.8 Å². The number of hydrogen-bond donors (Lipinski definition) is 2. The van der Waals surface area contributed by atoms with Crippen molar-refractivity contribution in [2.45, 2.75) is 31.8 Å². The third kappa shape index (κ3) is 5.76. The molecule has 0 unspecified atom stereocenters. The van der Waals surface area contributed by atoms with Crippen LogP contribution < -0.4 is 5.32 Å². The van der Waals surface area contributed by atoms with Gasteiger partial charge >= 0.3 is 6.09 Å². The van der Waals surface area contributed by atoms with Gasteiger partial charge < -0.3 is 19.6 Å². The molecule has 2 fully saturated rings. The quantitative estimate of drug-likeness (QED) is 0.428. The smallest absolute Gasteiger partial charge is 0.411 e. The van der Waals surface area contributed by atoms with Crippen LogP contribution in [0.15, 0.2) is 72.8 Å². The number of rotatable bonds is 8. The van der Waals surface area contributed by atoms with Crippen molar-refractivity contribution < 1.29 is 19.4 Å². The highest BCUT2D eigenvalue weighted by atomic mass is 16.6. The predicted octanol–water partition coefficient (Wildman–Crippen LogP) is 4.85. The van der Waals surface area contributed by atoms with Gasteiger partial charge in [-0.05, 0) is 66.3 Å². The molecule has 0 bridgehead atoms. The van der Waals surface area contributed by atoms with E-state index in [1.807, 2.05) is 71.6 Å². The van der Waals surface area contributed by atoms with E-state index in [1.54, 1.807) is 0 Å². The summed E-state index contributed by atoms with van der Waals surface area (Å²) in [5, 5.41) is 12.2. The summed E-state index contributed by atoms with van der Waals surface area (Å²) in [5.41, 5.74) is 5.77. The molecule has 2 heterocycles. The van der Waals surface area contributed by atoms with Crippen LogP contribution in [0.5, 0.6) is 0 Å². The number of carbonyl (C=O) groups excluding carboxylic acids is 2.